The van der Waals surface area contributed by atoms with Crippen LogP contribution in [0.15, 0.2) is 35.3 Å². The minimum atomic E-state index is 0.0217. The average Bonchev–Trinajstić information content (AvgIpc) is 2.34. The van der Waals surface area contributed by atoms with E-state index in [0.29, 0.717) is 19.4 Å². The van der Waals surface area contributed by atoms with Crippen molar-refractivity contribution >= 4 is 21.8 Å². The van der Waals surface area contributed by atoms with E-state index in [1.807, 2.05) is 24.3 Å². The van der Waals surface area contributed by atoms with Crippen LogP contribution >= 0.6 is 15.9 Å². The Morgan fingerprint density at radius 1 is 1.53 bits per heavy atom. The van der Waals surface area contributed by atoms with Crippen LogP contribution in [0, 0.1) is 0 Å². The number of ether oxygens (including phenoxy) is 1. The van der Waals surface area contributed by atoms with Crippen LogP contribution in [0.5, 0.6) is 5.75 Å². The van der Waals surface area contributed by atoms with Gasteiger partial charge in [-0.2, -0.15) is 0 Å². The largest absolute Gasteiger partial charge is 0.497 e. The fraction of sp³-hybridized carbons (Fsp3) is 0.308. The Morgan fingerprint density at radius 2 is 2.29 bits per heavy atom. The summed E-state index contributed by atoms with van der Waals surface area (Å²) in [5.74, 6) is 0.838. The fourth-order valence-corrected chi connectivity index (χ4v) is 1.51. The number of carbonyl (C=O) groups is 1. The molecule has 0 aliphatic rings. The normalized spacial score (nSPS) is 9.76. The van der Waals surface area contributed by atoms with Gasteiger partial charge in [-0.25, -0.2) is 0 Å². The third kappa shape index (κ3) is 5.54. The van der Waals surface area contributed by atoms with Crippen LogP contribution in [0.2, 0.25) is 0 Å². The zero-order chi connectivity index (χ0) is 12.7. The van der Waals surface area contributed by atoms with Gasteiger partial charge in [0.05, 0.1) is 7.11 Å². The third-order valence-electron chi connectivity index (χ3n) is 2.25. The Hall–Kier alpha value is -1.29. The van der Waals surface area contributed by atoms with Gasteiger partial charge in [-0.15, -0.1) is 0 Å². The van der Waals surface area contributed by atoms with Crippen LogP contribution in [0.3, 0.4) is 0 Å². The molecule has 0 aromatic heterocycles. The predicted molar refractivity (Wildman–Crippen MR) is 72.4 cm³/mol. The van der Waals surface area contributed by atoms with Crippen molar-refractivity contribution in [3.05, 3.63) is 40.9 Å². The van der Waals surface area contributed by atoms with E-state index in [9.17, 15) is 4.79 Å². The lowest BCUT2D eigenvalue weighted by atomic mass is 10.1. The maximum absolute atomic E-state index is 11.5. The Balaban J connectivity index is 2.39. The second kappa shape index (κ2) is 7.12. The maximum atomic E-state index is 11.5. The molecule has 1 amide bonds. The average molecular weight is 298 g/mol. The van der Waals surface area contributed by atoms with Gasteiger partial charge >= 0.3 is 0 Å². The van der Waals surface area contributed by atoms with Crippen molar-refractivity contribution in [1.82, 2.24) is 5.32 Å². The number of methoxy groups -OCH3 is 1. The van der Waals surface area contributed by atoms with Crippen molar-refractivity contribution in [2.75, 3.05) is 13.7 Å². The summed E-state index contributed by atoms with van der Waals surface area (Å²) in [6.45, 7) is 4.12. The zero-order valence-electron chi connectivity index (χ0n) is 9.83. The molecule has 0 saturated carbocycles. The number of rotatable bonds is 6. The summed E-state index contributed by atoms with van der Waals surface area (Å²) in [5.41, 5.74) is 1.09. The summed E-state index contributed by atoms with van der Waals surface area (Å²) in [7, 11) is 1.63. The Bertz CT molecular complexity index is 404. The van der Waals surface area contributed by atoms with E-state index < -0.39 is 0 Å². The molecule has 17 heavy (non-hydrogen) atoms. The molecule has 1 aromatic carbocycles. The fourth-order valence-electron chi connectivity index (χ4n) is 1.37. The predicted octanol–water partition coefficient (Wildman–Crippen LogP) is 2.65. The summed E-state index contributed by atoms with van der Waals surface area (Å²) in [6.07, 6.45) is 1.17. The quantitative estimate of drug-likeness (QED) is 0.877. The van der Waals surface area contributed by atoms with Crippen molar-refractivity contribution in [1.29, 1.82) is 0 Å². The summed E-state index contributed by atoms with van der Waals surface area (Å²) in [5, 5.41) is 2.76. The van der Waals surface area contributed by atoms with Crippen molar-refractivity contribution in [3.8, 4) is 5.75 Å². The number of aryl methyl sites for hydroxylation is 1. The highest BCUT2D eigenvalue weighted by Gasteiger charge is 2.02. The number of amides is 1. The second-order valence-electron chi connectivity index (χ2n) is 3.65. The standard InChI is InChI=1S/C13H16BrNO2/c1-10(14)9-15-13(16)7-6-11-4-3-5-12(8-11)17-2/h3-5,8H,1,6-7,9H2,2H3,(H,15,16). The maximum Gasteiger partial charge on any atom is 0.220 e. The number of hydrogen-bond acceptors (Lipinski definition) is 2. The number of nitrogens with one attached hydrogen (secondary N) is 1. The molecule has 1 rings (SSSR count). The summed E-state index contributed by atoms with van der Waals surface area (Å²) in [6, 6.07) is 7.74. The first-order valence-electron chi connectivity index (χ1n) is 5.34. The van der Waals surface area contributed by atoms with Crippen molar-refractivity contribution in [2.45, 2.75) is 12.8 Å². The summed E-state index contributed by atoms with van der Waals surface area (Å²) < 4.78 is 5.89. The summed E-state index contributed by atoms with van der Waals surface area (Å²) >= 11 is 3.19. The number of hydrogen-bond donors (Lipinski definition) is 1. The molecule has 92 valence electrons. The summed E-state index contributed by atoms with van der Waals surface area (Å²) in [4.78, 5) is 11.5. The zero-order valence-corrected chi connectivity index (χ0v) is 11.4. The van der Waals surface area contributed by atoms with Crippen molar-refractivity contribution in [3.63, 3.8) is 0 Å². The minimum Gasteiger partial charge on any atom is -0.497 e. The van der Waals surface area contributed by atoms with E-state index in [2.05, 4.69) is 27.8 Å². The van der Waals surface area contributed by atoms with Crippen LogP contribution in [-0.2, 0) is 11.2 Å². The van der Waals surface area contributed by atoms with Gasteiger partial charge in [0.1, 0.15) is 5.75 Å². The van der Waals surface area contributed by atoms with Gasteiger partial charge in [-0.05, 0) is 24.1 Å². The lowest BCUT2D eigenvalue weighted by Gasteiger charge is -2.05. The first-order valence-corrected chi connectivity index (χ1v) is 6.14. The Morgan fingerprint density at radius 3 is 2.94 bits per heavy atom. The molecule has 0 aliphatic heterocycles. The Labute approximate surface area is 110 Å². The molecular formula is C13H16BrNO2. The van der Waals surface area contributed by atoms with Gasteiger partial charge in [0.2, 0.25) is 5.91 Å². The first kappa shape index (κ1) is 13.8. The number of benzene rings is 1. The molecule has 0 fully saturated rings. The number of halogens is 1. The van der Waals surface area contributed by atoms with Crippen LogP contribution in [0.1, 0.15) is 12.0 Å². The smallest absolute Gasteiger partial charge is 0.220 e. The van der Waals surface area contributed by atoms with E-state index in [1.165, 1.54) is 0 Å². The van der Waals surface area contributed by atoms with Gasteiger partial charge in [0.15, 0.2) is 0 Å². The molecule has 0 spiro atoms. The molecule has 0 atom stereocenters. The molecule has 1 N–H and O–H groups in total. The van der Waals surface area contributed by atoms with E-state index in [-0.39, 0.29) is 5.91 Å². The molecule has 4 heteroatoms. The molecule has 0 bridgehead atoms. The molecular weight excluding hydrogens is 282 g/mol. The van der Waals surface area contributed by atoms with Crippen LogP contribution in [-0.4, -0.2) is 19.6 Å². The van der Waals surface area contributed by atoms with Crippen LogP contribution in [0.4, 0.5) is 0 Å². The van der Waals surface area contributed by atoms with Gasteiger partial charge in [0, 0.05) is 17.4 Å². The topological polar surface area (TPSA) is 38.3 Å². The monoisotopic (exact) mass is 297 g/mol. The molecule has 0 radical (unpaired) electrons. The molecule has 3 nitrogen and oxygen atoms in total. The minimum absolute atomic E-state index is 0.0217. The highest BCUT2D eigenvalue weighted by atomic mass is 79.9. The van der Waals surface area contributed by atoms with E-state index in [1.54, 1.807) is 7.11 Å². The molecule has 0 unspecified atom stereocenters. The molecule has 1 aromatic rings. The lowest BCUT2D eigenvalue weighted by molar-refractivity contribution is -0.120. The Kier molecular flexibility index (Phi) is 5.77. The second-order valence-corrected chi connectivity index (χ2v) is 4.77. The van der Waals surface area contributed by atoms with Crippen molar-refractivity contribution in [2.24, 2.45) is 0 Å². The first-order chi connectivity index (χ1) is 8.11. The van der Waals surface area contributed by atoms with Crippen LogP contribution < -0.4 is 10.1 Å². The highest BCUT2D eigenvalue weighted by molar-refractivity contribution is 9.11. The van der Waals surface area contributed by atoms with Gasteiger partial charge in [-0.1, -0.05) is 34.6 Å². The van der Waals surface area contributed by atoms with E-state index in [4.69, 9.17) is 4.74 Å². The van der Waals surface area contributed by atoms with E-state index in [0.717, 1.165) is 15.8 Å². The molecule has 0 aliphatic carbocycles. The van der Waals surface area contributed by atoms with Crippen molar-refractivity contribution < 1.29 is 9.53 Å². The molecule has 0 heterocycles. The van der Waals surface area contributed by atoms with Gasteiger partial charge < -0.3 is 10.1 Å². The van der Waals surface area contributed by atoms with E-state index >= 15 is 0 Å². The number of carbonyl (C=O) groups excluding carboxylic acids is 1. The highest BCUT2D eigenvalue weighted by Crippen LogP contribution is 2.13. The molecule has 0 saturated heterocycles. The van der Waals surface area contributed by atoms with Gasteiger partial charge in [0.25, 0.3) is 0 Å². The van der Waals surface area contributed by atoms with Gasteiger partial charge in [-0.3, -0.25) is 4.79 Å². The lowest BCUT2D eigenvalue weighted by Crippen LogP contribution is -2.24. The SMILES string of the molecule is C=C(Br)CNC(=O)CCc1cccc(OC)c1. The third-order valence-corrected chi connectivity index (χ3v) is 2.53. The van der Waals surface area contributed by atoms with Crippen LogP contribution in [0.25, 0.3) is 0 Å².